The van der Waals surface area contributed by atoms with Crippen molar-refractivity contribution in [1.29, 1.82) is 0 Å². The Morgan fingerprint density at radius 1 is 0.909 bits per heavy atom. The maximum absolute atomic E-state index is 6.93. The number of hydrogen-bond donors (Lipinski definition) is 3. The minimum absolute atomic E-state index is 0.242. The molecule has 8 rings (SSSR count). The van der Waals surface area contributed by atoms with Crippen molar-refractivity contribution in [2.75, 3.05) is 17.6 Å². The third-order valence-corrected chi connectivity index (χ3v) is 11.0. The second-order valence-corrected chi connectivity index (χ2v) is 13.9. The molecule has 4 N–H and O–H groups in total. The number of nitrogens with zero attached hydrogens (tertiary/aromatic N) is 1. The number of nitrogens with two attached hydrogens (primary N) is 1. The summed E-state index contributed by atoms with van der Waals surface area (Å²) in [6.45, 7) is 7.01. The van der Waals surface area contributed by atoms with Gasteiger partial charge in [0, 0.05) is 41.5 Å². The largest absolute Gasteiger partial charge is 0.448 e. The van der Waals surface area contributed by atoms with Crippen molar-refractivity contribution in [2.45, 2.75) is 95.8 Å². The zero-order valence-electron chi connectivity index (χ0n) is 25.9. The third kappa shape index (κ3) is 4.61. The lowest BCUT2D eigenvalue weighted by molar-refractivity contribution is -0.0712. The molecule has 1 saturated heterocycles. The van der Waals surface area contributed by atoms with Crippen LogP contribution in [0.5, 0.6) is 11.5 Å². The third-order valence-electron chi connectivity index (χ3n) is 11.0. The van der Waals surface area contributed by atoms with E-state index in [1.54, 1.807) is 6.20 Å². The standard InChI is InChI=1S/C38H44N4O2/c1-3-40-36(33-9-8-20-41-33)42-32-15-13-27(29-22-37(23-30(29)32)16-4-5-17-37)28-12-11-26(25-10-14-31(39)24(2)21-25)34-35(28)44-38(43-34)18-6-7-19-38/h3,10-15,21,33,41H,1,4-9,16-20,22-23,39H2,2H3,(H,40,42). The first-order valence-corrected chi connectivity index (χ1v) is 16.7. The summed E-state index contributed by atoms with van der Waals surface area (Å²) in [5.41, 5.74) is 17.1. The topological polar surface area (TPSA) is 80.9 Å². The number of aliphatic imine (C=N–C) groups is 1. The van der Waals surface area contributed by atoms with Crippen LogP contribution in [0.2, 0.25) is 0 Å². The van der Waals surface area contributed by atoms with Crippen LogP contribution >= 0.6 is 0 Å². The Bertz CT molecular complexity index is 1660. The van der Waals surface area contributed by atoms with Crippen molar-refractivity contribution in [3.05, 3.63) is 71.9 Å². The Morgan fingerprint density at radius 3 is 2.34 bits per heavy atom. The number of hydrogen-bond acceptors (Lipinski definition) is 5. The van der Waals surface area contributed by atoms with Crippen molar-refractivity contribution in [2.24, 2.45) is 10.4 Å². The van der Waals surface area contributed by atoms with Gasteiger partial charge in [-0.05, 0) is 128 Å². The molecule has 2 saturated carbocycles. The summed E-state index contributed by atoms with van der Waals surface area (Å²) in [4.78, 5) is 4.70. The maximum Gasteiger partial charge on any atom is 0.251 e. The summed E-state index contributed by atoms with van der Waals surface area (Å²) in [7, 11) is 0. The van der Waals surface area contributed by atoms with E-state index in [2.05, 4.69) is 60.5 Å². The van der Waals surface area contributed by atoms with Gasteiger partial charge in [-0.1, -0.05) is 31.6 Å². The summed E-state index contributed by atoms with van der Waals surface area (Å²) < 4.78 is 13.8. The predicted octanol–water partition coefficient (Wildman–Crippen LogP) is 8.32. The van der Waals surface area contributed by atoms with Crippen LogP contribution in [0.15, 0.2) is 60.2 Å². The highest BCUT2D eigenvalue weighted by Crippen LogP contribution is 2.58. The number of benzene rings is 3. The van der Waals surface area contributed by atoms with Crippen LogP contribution in [-0.2, 0) is 12.8 Å². The van der Waals surface area contributed by atoms with Crippen LogP contribution in [0.3, 0.4) is 0 Å². The number of amidine groups is 1. The van der Waals surface area contributed by atoms with E-state index < -0.39 is 5.79 Å². The smallest absolute Gasteiger partial charge is 0.251 e. The van der Waals surface area contributed by atoms with Crippen LogP contribution < -0.4 is 25.8 Å². The lowest BCUT2D eigenvalue weighted by atomic mass is 9.83. The van der Waals surface area contributed by atoms with Gasteiger partial charge in [0.05, 0.1) is 6.04 Å². The molecule has 2 spiro atoms. The van der Waals surface area contributed by atoms with Crippen LogP contribution in [0, 0.1) is 12.3 Å². The van der Waals surface area contributed by atoms with Gasteiger partial charge in [-0.3, -0.25) is 0 Å². The molecule has 44 heavy (non-hydrogen) atoms. The SMILES string of the molecule is C=CN=C(Nc1ccc(-c2ccc(-c3ccc(N)c(C)c3)c3c2OC2(CCCC2)O3)c2c1CC1(CCCC1)C2)C1CCCN1. The minimum Gasteiger partial charge on any atom is -0.448 e. The number of aryl methyl sites for hydroxylation is 1. The van der Waals surface area contributed by atoms with Crippen molar-refractivity contribution >= 4 is 17.2 Å². The normalized spacial score (nSPS) is 22.7. The van der Waals surface area contributed by atoms with E-state index >= 15 is 0 Å². The molecule has 0 bridgehead atoms. The highest BCUT2D eigenvalue weighted by atomic mass is 16.7. The molecule has 0 radical (unpaired) electrons. The molecule has 0 aromatic heterocycles. The number of ether oxygens (including phenoxy) is 2. The first-order chi connectivity index (χ1) is 21.5. The monoisotopic (exact) mass is 588 g/mol. The van der Waals surface area contributed by atoms with Gasteiger partial charge in [0.1, 0.15) is 5.84 Å². The Hall–Kier alpha value is -3.77. The van der Waals surface area contributed by atoms with Crippen molar-refractivity contribution in [1.82, 2.24) is 5.32 Å². The summed E-state index contributed by atoms with van der Waals surface area (Å²) in [5, 5.41) is 7.40. The summed E-state index contributed by atoms with van der Waals surface area (Å²) >= 11 is 0. The van der Waals surface area contributed by atoms with Crippen LogP contribution in [0.1, 0.15) is 80.9 Å². The second-order valence-electron chi connectivity index (χ2n) is 13.9. The molecule has 5 aliphatic rings. The number of fused-ring (bicyclic) bond motifs is 2. The van der Waals surface area contributed by atoms with Gasteiger partial charge >= 0.3 is 0 Å². The molecule has 3 aliphatic carbocycles. The molecule has 1 unspecified atom stereocenters. The Morgan fingerprint density at radius 2 is 1.61 bits per heavy atom. The van der Waals surface area contributed by atoms with E-state index in [9.17, 15) is 0 Å². The molecule has 6 nitrogen and oxygen atoms in total. The number of rotatable bonds is 5. The summed E-state index contributed by atoms with van der Waals surface area (Å²) in [5.74, 6) is 2.20. The molecule has 3 aromatic rings. The Balaban J connectivity index is 1.25. The highest BCUT2D eigenvalue weighted by molar-refractivity contribution is 6.01. The van der Waals surface area contributed by atoms with Gasteiger partial charge in [0.15, 0.2) is 11.5 Å². The first kappa shape index (κ1) is 27.8. The van der Waals surface area contributed by atoms with E-state index in [-0.39, 0.29) is 6.04 Å². The number of nitrogens with one attached hydrogen (secondary N) is 2. The van der Waals surface area contributed by atoms with Crippen molar-refractivity contribution < 1.29 is 9.47 Å². The zero-order chi connectivity index (χ0) is 29.9. The molecular formula is C38H44N4O2. The van der Waals surface area contributed by atoms with Gasteiger partial charge < -0.3 is 25.8 Å². The van der Waals surface area contributed by atoms with Crippen LogP contribution in [0.25, 0.3) is 22.3 Å². The van der Waals surface area contributed by atoms with Crippen molar-refractivity contribution in [3.8, 4) is 33.8 Å². The first-order valence-electron chi connectivity index (χ1n) is 16.7. The fraction of sp³-hybridized carbons (Fsp3) is 0.447. The Labute approximate surface area is 261 Å². The minimum atomic E-state index is -0.558. The molecule has 0 amide bonds. The highest BCUT2D eigenvalue weighted by Gasteiger charge is 2.47. The van der Waals surface area contributed by atoms with Crippen LogP contribution in [-0.4, -0.2) is 24.2 Å². The average molecular weight is 589 g/mol. The fourth-order valence-corrected chi connectivity index (χ4v) is 8.68. The molecule has 1 atom stereocenters. The molecule has 3 aromatic carbocycles. The molecule has 6 heteroatoms. The zero-order valence-corrected chi connectivity index (χ0v) is 25.9. The number of nitrogen functional groups attached to an aromatic ring is 1. The lowest BCUT2D eigenvalue weighted by Gasteiger charge is -2.22. The fourth-order valence-electron chi connectivity index (χ4n) is 8.68. The lowest BCUT2D eigenvalue weighted by Crippen LogP contribution is -2.36. The quantitative estimate of drug-likeness (QED) is 0.159. The van der Waals surface area contributed by atoms with Crippen LogP contribution in [0.4, 0.5) is 11.4 Å². The molecular weight excluding hydrogens is 544 g/mol. The summed E-state index contributed by atoms with van der Waals surface area (Å²) in [6.07, 6.45) is 15.5. The summed E-state index contributed by atoms with van der Waals surface area (Å²) in [6, 6.07) is 15.6. The van der Waals surface area contributed by atoms with Gasteiger partial charge in [-0.15, -0.1) is 0 Å². The average Bonchev–Trinajstić information content (AvgIpc) is 3.86. The maximum atomic E-state index is 6.93. The van der Waals surface area contributed by atoms with Gasteiger partial charge in [0.25, 0.3) is 5.79 Å². The number of anilines is 2. The predicted molar refractivity (Wildman–Crippen MR) is 180 cm³/mol. The van der Waals surface area contributed by atoms with E-state index in [1.807, 2.05) is 6.07 Å². The van der Waals surface area contributed by atoms with Gasteiger partial charge in [-0.25, -0.2) is 4.99 Å². The van der Waals surface area contributed by atoms with E-state index in [4.69, 9.17) is 20.2 Å². The second kappa shape index (κ2) is 10.7. The van der Waals surface area contributed by atoms with Gasteiger partial charge in [0.2, 0.25) is 0 Å². The molecule has 228 valence electrons. The van der Waals surface area contributed by atoms with E-state index in [0.29, 0.717) is 5.41 Å². The Kier molecular flexibility index (Phi) is 6.74. The van der Waals surface area contributed by atoms with Gasteiger partial charge in [-0.2, -0.15) is 0 Å². The van der Waals surface area contributed by atoms with E-state index in [0.717, 1.165) is 96.8 Å². The van der Waals surface area contributed by atoms with E-state index in [1.165, 1.54) is 54.5 Å². The molecule has 2 aliphatic heterocycles. The van der Waals surface area contributed by atoms with Crippen molar-refractivity contribution in [3.63, 3.8) is 0 Å². The molecule has 2 heterocycles. The molecule has 3 fully saturated rings.